The van der Waals surface area contributed by atoms with Crippen molar-refractivity contribution in [3.8, 4) is 0 Å². The fourth-order valence-corrected chi connectivity index (χ4v) is 2.74. The van der Waals surface area contributed by atoms with Crippen molar-refractivity contribution in [1.29, 1.82) is 0 Å². The van der Waals surface area contributed by atoms with Crippen molar-refractivity contribution in [3.63, 3.8) is 0 Å². The van der Waals surface area contributed by atoms with Crippen molar-refractivity contribution < 1.29 is 4.79 Å². The van der Waals surface area contributed by atoms with Crippen LogP contribution in [0.1, 0.15) is 38.6 Å². The number of nitrogens with one attached hydrogen (secondary N) is 1. The van der Waals surface area contributed by atoms with E-state index in [-0.39, 0.29) is 11.7 Å². The lowest BCUT2D eigenvalue weighted by Crippen LogP contribution is -2.25. The number of aromatic nitrogens is 4. The van der Waals surface area contributed by atoms with Crippen LogP contribution < -0.4 is 5.32 Å². The van der Waals surface area contributed by atoms with Crippen LogP contribution >= 0.6 is 0 Å². The SMILES string of the molecule is Cc1cc(C)c(CNC(=O)c2nc3nccc(C)n3n2)c(C)c1. The Morgan fingerprint density at radius 2 is 1.87 bits per heavy atom. The van der Waals surface area contributed by atoms with Crippen LogP contribution in [0.15, 0.2) is 24.4 Å². The highest BCUT2D eigenvalue weighted by atomic mass is 16.2. The standard InChI is InChI=1S/C17H19N5O/c1-10-7-11(2)14(12(3)8-10)9-19-16(23)15-20-17-18-6-5-13(4)22(17)21-15/h5-8H,9H2,1-4H3,(H,19,23). The summed E-state index contributed by atoms with van der Waals surface area (Å²) in [6.07, 6.45) is 1.65. The minimum Gasteiger partial charge on any atom is -0.345 e. The second-order valence-corrected chi connectivity index (χ2v) is 5.79. The molecule has 3 aromatic rings. The van der Waals surface area contributed by atoms with Gasteiger partial charge in [0, 0.05) is 18.4 Å². The first-order valence-corrected chi connectivity index (χ1v) is 7.49. The third-order valence-electron chi connectivity index (χ3n) is 3.90. The Balaban J connectivity index is 1.80. The van der Waals surface area contributed by atoms with Gasteiger partial charge in [0.05, 0.1) is 0 Å². The Hall–Kier alpha value is -2.76. The lowest BCUT2D eigenvalue weighted by molar-refractivity contribution is 0.0940. The smallest absolute Gasteiger partial charge is 0.291 e. The molecule has 1 amide bonds. The summed E-state index contributed by atoms with van der Waals surface area (Å²) >= 11 is 0. The molecule has 2 heterocycles. The maximum absolute atomic E-state index is 12.3. The monoisotopic (exact) mass is 309 g/mol. The molecule has 0 aliphatic carbocycles. The van der Waals surface area contributed by atoms with E-state index in [0.717, 1.165) is 11.3 Å². The van der Waals surface area contributed by atoms with Gasteiger partial charge in [-0.15, -0.1) is 5.10 Å². The first-order chi connectivity index (χ1) is 11.0. The largest absolute Gasteiger partial charge is 0.345 e. The van der Waals surface area contributed by atoms with E-state index in [2.05, 4.69) is 53.3 Å². The van der Waals surface area contributed by atoms with Gasteiger partial charge in [-0.25, -0.2) is 9.50 Å². The number of nitrogens with zero attached hydrogens (tertiary/aromatic N) is 4. The Morgan fingerprint density at radius 1 is 1.17 bits per heavy atom. The van der Waals surface area contributed by atoms with Crippen LogP contribution in [0.25, 0.3) is 5.78 Å². The number of benzene rings is 1. The van der Waals surface area contributed by atoms with Gasteiger partial charge >= 0.3 is 0 Å². The summed E-state index contributed by atoms with van der Waals surface area (Å²) in [5.41, 5.74) is 5.57. The first-order valence-electron chi connectivity index (χ1n) is 7.49. The third kappa shape index (κ3) is 2.92. The number of aryl methyl sites for hydroxylation is 4. The molecule has 0 saturated carbocycles. The maximum atomic E-state index is 12.3. The number of hydrogen-bond acceptors (Lipinski definition) is 4. The topological polar surface area (TPSA) is 72.2 Å². The second-order valence-electron chi connectivity index (χ2n) is 5.79. The highest BCUT2D eigenvalue weighted by molar-refractivity contribution is 5.90. The van der Waals surface area contributed by atoms with Crippen LogP contribution in [0.4, 0.5) is 0 Å². The fourth-order valence-electron chi connectivity index (χ4n) is 2.74. The molecule has 0 aliphatic rings. The summed E-state index contributed by atoms with van der Waals surface area (Å²) in [5, 5.41) is 7.11. The predicted octanol–water partition coefficient (Wildman–Crippen LogP) is 2.29. The molecule has 0 radical (unpaired) electrons. The molecule has 0 bridgehead atoms. The predicted molar refractivity (Wildman–Crippen MR) is 87.3 cm³/mol. The number of rotatable bonds is 3. The van der Waals surface area contributed by atoms with Gasteiger partial charge in [0.15, 0.2) is 0 Å². The Labute approximate surface area is 134 Å². The molecule has 1 aromatic carbocycles. The molecule has 0 unspecified atom stereocenters. The summed E-state index contributed by atoms with van der Waals surface area (Å²) in [6, 6.07) is 6.05. The van der Waals surface area contributed by atoms with Crippen LogP contribution in [-0.4, -0.2) is 25.5 Å². The molecule has 1 N–H and O–H groups in total. The zero-order valence-corrected chi connectivity index (χ0v) is 13.7. The van der Waals surface area contributed by atoms with E-state index in [4.69, 9.17) is 0 Å². The molecular weight excluding hydrogens is 290 g/mol. The number of fused-ring (bicyclic) bond motifs is 1. The average Bonchev–Trinajstić information content (AvgIpc) is 2.91. The van der Waals surface area contributed by atoms with Crippen molar-refractivity contribution in [2.45, 2.75) is 34.2 Å². The molecule has 6 heteroatoms. The Kier molecular flexibility index (Phi) is 3.82. The minimum atomic E-state index is -0.297. The minimum absolute atomic E-state index is 0.134. The molecule has 0 atom stereocenters. The van der Waals surface area contributed by atoms with Gasteiger partial charge < -0.3 is 5.32 Å². The van der Waals surface area contributed by atoms with Crippen molar-refractivity contribution >= 4 is 11.7 Å². The van der Waals surface area contributed by atoms with Gasteiger partial charge in [0.1, 0.15) is 0 Å². The van der Waals surface area contributed by atoms with Crippen LogP contribution in [-0.2, 0) is 6.54 Å². The van der Waals surface area contributed by atoms with Crippen LogP contribution in [0.2, 0.25) is 0 Å². The molecule has 23 heavy (non-hydrogen) atoms. The van der Waals surface area contributed by atoms with Gasteiger partial charge in [-0.05, 0) is 50.5 Å². The molecule has 0 saturated heterocycles. The summed E-state index contributed by atoms with van der Waals surface area (Å²) < 4.78 is 1.57. The summed E-state index contributed by atoms with van der Waals surface area (Å²) in [7, 11) is 0. The van der Waals surface area contributed by atoms with Gasteiger partial charge in [0.25, 0.3) is 11.7 Å². The highest BCUT2D eigenvalue weighted by Crippen LogP contribution is 2.16. The van der Waals surface area contributed by atoms with Crippen LogP contribution in [0, 0.1) is 27.7 Å². The van der Waals surface area contributed by atoms with Crippen LogP contribution in [0.3, 0.4) is 0 Å². The van der Waals surface area contributed by atoms with E-state index in [1.165, 1.54) is 16.7 Å². The van der Waals surface area contributed by atoms with Gasteiger partial charge in [-0.1, -0.05) is 17.7 Å². The lowest BCUT2D eigenvalue weighted by Gasteiger charge is -2.11. The second kappa shape index (κ2) is 5.79. The quantitative estimate of drug-likeness (QED) is 0.805. The van der Waals surface area contributed by atoms with Gasteiger partial charge in [0.2, 0.25) is 5.82 Å². The fraction of sp³-hybridized carbons (Fsp3) is 0.294. The van der Waals surface area contributed by atoms with E-state index < -0.39 is 0 Å². The van der Waals surface area contributed by atoms with E-state index in [0.29, 0.717) is 12.3 Å². The molecule has 118 valence electrons. The molecular formula is C17H19N5O. The molecule has 6 nitrogen and oxygen atoms in total. The van der Waals surface area contributed by atoms with E-state index >= 15 is 0 Å². The molecule has 0 spiro atoms. The lowest BCUT2D eigenvalue weighted by atomic mass is 10.00. The summed E-state index contributed by atoms with van der Waals surface area (Å²) in [4.78, 5) is 20.6. The summed E-state index contributed by atoms with van der Waals surface area (Å²) in [6.45, 7) is 8.52. The number of amides is 1. The third-order valence-corrected chi connectivity index (χ3v) is 3.90. The van der Waals surface area contributed by atoms with Crippen molar-refractivity contribution in [2.24, 2.45) is 0 Å². The number of carbonyl (C=O) groups is 1. The van der Waals surface area contributed by atoms with Gasteiger partial charge in [-0.2, -0.15) is 4.98 Å². The van der Waals surface area contributed by atoms with Gasteiger partial charge in [-0.3, -0.25) is 4.79 Å². The van der Waals surface area contributed by atoms with E-state index in [1.807, 2.05) is 13.0 Å². The average molecular weight is 309 g/mol. The number of carbonyl (C=O) groups excluding carboxylic acids is 1. The van der Waals surface area contributed by atoms with E-state index in [1.54, 1.807) is 10.7 Å². The molecule has 2 aromatic heterocycles. The van der Waals surface area contributed by atoms with E-state index in [9.17, 15) is 4.79 Å². The zero-order valence-electron chi connectivity index (χ0n) is 13.7. The normalized spacial score (nSPS) is 11.0. The van der Waals surface area contributed by atoms with Crippen molar-refractivity contribution in [2.75, 3.05) is 0 Å². The zero-order chi connectivity index (χ0) is 16.6. The maximum Gasteiger partial charge on any atom is 0.291 e. The molecule has 0 aliphatic heterocycles. The van der Waals surface area contributed by atoms with Crippen molar-refractivity contribution in [1.82, 2.24) is 24.9 Å². The Bertz CT molecular complexity index is 874. The van der Waals surface area contributed by atoms with Crippen molar-refractivity contribution in [3.05, 3.63) is 58.2 Å². The first kappa shape index (κ1) is 15.1. The number of hydrogen-bond donors (Lipinski definition) is 1. The van der Waals surface area contributed by atoms with Crippen LogP contribution in [0.5, 0.6) is 0 Å². The molecule has 0 fully saturated rings. The summed E-state index contributed by atoms with van der Waals surface area (Å²) in [5.74, 6) is 0.265. The Morgan fingerprint density at radius 3 is 2.52 bits per heavy atom. The highest BCUT2D eigenvalue weighted by Gasteiger charge is 2.15. The molecule has 3 rings (SSSR count).